The monoisotopic (exact) mass is 277 g/mol. The molecule has 0 saturated heterocycles. The third-order valence-electron chi connectivity index (χ3n) is 3.00. The van der Waals surface area contributed by atoms with Gasteiger partial charge in [0.15, 0.2) is 0 Å². The minimum Gasteiger partial charge on any atom is -0.444 e. The fourth-order valence-electron chi connectivity index (χ4n) is 2.01. The quantitative estimate of drug-likeness (QED) is 0.763. The Labute approximate surface area is 122 Å². The first-order chi connectivity index (χ1) is 9.31. The second-order valence-electron chi connectivity index (χ2n) is 6.23. The summed E-state index contributed by atoms with van der Waals surface area (Å²) >= 11 is 0. The summed E-state index contributed by atoms with van der Waals surface area (Å²) in [6.07, 6.45) is 4.41. The van der Waals surface area contributed by atoms with Crippen LogP contribution in [-0.4, -0.2) is 11.7 Å². The lowest BCUT2D eigenvalue weighted by Crippen LogP contribution is -2.27. The van der Waals surface area contributed by atoms with Crippen LogP contribution in [0.3, 0.4) is 0 Å². The standard InChI is InChI=1S/C17H27NO2/c1-6-7-8-9-14-10-11-15(13(2)12-14)18-16(19)20-17(3,4)5/h10-12H,6-9H2,1-5H3,(H,18,19). The molecular weight excluding hydrogens is 250 g/mol. The van der Waals surface area contributed by atoms with Crippen LogP contribution >= 0.6 is 0 Å². The van der Waals surface area contributed by atoms with Gasteiger partial charge >= 0.3 is 6.09 Å². The topological polar surface area (TPSA) is 38.3 Å². The van der Waals surface area contributed by atoms with Crippen molar-refractivity contribution in [2.24, 2.45) is 0 Å². The molecule has 1 rings (SSSR count). The van der Waals surface area contributed by atoms with E-state index in [0.29, 0.717) is 0 Å². The molecule has 0 aromatic heterocycles. The number of aryl methyl sites for hydroxylation is 2. The predicted molar refractivity (Wildman–Crippen MR) is 84.3 cm³/mol. The van der Waals surface area contributed by atoms with E-state index in [9.17, 15) is 4.79 Å². The van der Waals surface area contributed by atoms with Crippen LogP contribution in [0.15, 0.2) is 18.2 Å². The van der Waals surface area contributed by atoms with E-state index < -0.39 is 11.7 Å². The minimum absolute atomic E-state index is 0.403. The fourth-order valence-corrected chi connectivity index (χ4v) is 2.01. The van der Waals surface area contributed by atoms with Crippen molar-refractivity contribution in [3.63, 3.8) is 0 Å². The van der Waals surface area contributed by atoms with Gasteiger partial charge in [0, 0.05) is 5.69 Å². The Hall–Kier alpha value is -1.51. The lowest BCUT2D eigenvalue weighted by molar-refractivity contribution is 0.0636. The van der Waals surface area contributed by atoms with Crippen LogP contribution in [0, 0.1) is 6.92 Å². The first-order valence-electron chi connectivity index (χ1n) is 7.41. The largest absolute Gasteiger partial charge is 0.444 e. The molecule has 0 fully saturated rings. The number of rotatable bonds is 5. The Morgan fingerprint density at radius 3 is 2.50 bits per heavy atom. The van der Waals surface area contributed by atoms with Gasteiger partial charge in [-0.15, -0.1) is 0 Å². The Kier molecular flexibility index (Phi) is 6.05. The highest BCUT2D eigenvalue weighted by Gasteiger charge is 2.16. The summed E-state index contributed by atoms with van der Waals surface area (Å²) in [4.78, 5) is 11.7. The van der Waals surface area contributed by atoms with E-state index >= 15 is 0 Å². The van der Waals surface area contributed by atoms with Crippen molar-refractivity contribution >= 4 is 11.8 Å². The number of nitrogens with one attached hydrogen (secondary N) is 1. The number of ether oxygens (including phenoxy) is 1. The van der Waals surface area contributed by atoms with Crippen LogP contribution < -0.4 is 5.32 Å². The SMILES string of the molecule is CCCCCc1ccc(NC(=O)OC(C)(C)C)c(C)c1. The maximum Gasteiger partial charge on any atom is 0.412 e. The van der Waals surface area contributed by atoms with Gasteiger partial charge in [-0.1, -0.05) is 31.9 Å². The van der Waals surface area contributed by atoms with Crippen LogP contribution in [-0.2, 0) is 11.2 Å². The Morgan fingerprint density at radius 1 is 1.25 bits per heavy atom. The number of hydrogen-bond donors (Lipinski definition) is 1. The molecule has 0 aliphatic rings. The smallest absolute Gasteiger partial charge is 0.412 e. The number of amides is 1. The summed E-state index contributed by atoms with van der Waals surface area (Å²) in [5.41, 5.74) is 2.74. The van der Waals surface area contributed by atoms with Gasteiger partial charge in [-0.25, -0.2) is 4.79 Å². The summed E-state index contributed by atoms with van der Waals surface area (Å²) in [5, 5.41) is 2.80. The van der Waals surface area contributed by atoms with Crippen molar-refractivity contribution < 1.29 is 9.53 Å². The molecule has 0 saturated carbocycles. The zero-order valence-corrected chi connectivity index (χ0v) is 13.4. The van der Waals surface area contributed by atoms with Crippen LogP contribution in [0.1, 0.15) is 58.1 Å². The second-order valence-corrected chi connectivity index (χ2v) is 6.23. The lowest BCUT2D eigenvalue weighted by atomic mass is 10.0. The van der Waals surface area contributed by atoms with Crippen LogP contribution in [0.5, 0.6) is 0 Å². The molecule has 0 spiro atoms. The number of carbonyl (C=O) groups excluding carboxylic acids is 1. The molecule has 0 radical (unpaired) electrons. The molecule has 0 unspecified atom stereocenters. The number of unbranched alkanes of at least 4 members (excludes halogenated alkanes) is 2. The molecule has 0 atom stereocenters. The number of carbonyl (C=O) groups is 1. The van der Waals surface area contributed by atoms with E-state index in [1.54, 1.807) is 0 Å². The summed E-state index contributed by atoms with van der Waals surface area (Å²) in [7, 11) is 0. The van der Waals surface area contributed by atoms with Gasteiger partial charge in [0.05, 0.1) is 0 Å². The van der Waals surface area contributed by atoms with Gasteiger partial charge in [0.2, 0.25) is 0 Å². The van der Waals surface area contributed by atoms with Gasteiger partial charge in [-0.2, -0.15) is 0 Å². The van der Waals surface area contributed by atoms with Crippen molar-refractivity contribution in [3.8, 4) is 0 Å². The molecule has 1 aromatic carbocycles. The molecule has 0 aliphatic carbocycles. The van der Waals surface area contributed by atoms with Crippen LogP contribution in [0.25, 0.3) is 0 Å². The third-order valence-corrected chi connectivity index (χ3v) is 3.00. The van der Waals surface area contributed by atoms with E-state index in [1.165, 1.54) is 24.8 Å². The number of hydrogen-bond acceptors (Lipinski definition) is 2. The zero-order chi connectivity index (χ0) is 15.2. The molecule has 0 aliphatic heterocycles. The highest BCUT2D eigenvalue weighted by atomic mass is 16.6. The molecular formula is C17H27NO2. The van der Waals surface area contributed by atoms with Crippen LogP contribution in [0.4, 0.5) is 10.5 Å². The molecule has 1 aromatic rings. The molecule has 1 N–H and O–H groups in total. The zero-order valence-electron chi connectivity index (χ0n) is 13.4. The molecule has 112 valence electrons. The maximum atomic E-state index is 11.7. The van der Waals surface area contributed by atoms with E-state index in [1.807, 2.05) is 33.8 Å². The summed E-state index contributed by atoms with van der Waals surface area (Å²) in [6, 6.07) is 6.18. The third kappa shape index (κ3) is 6.09. The molecule has 20 heavy (non-hydrogen) atoms. The second kappa shape index (κ2) is 7.32. The van der Waals surface area contributed by atoms with Crippen LogP contribution in [0.2, 0.25) is 0 Å². The Balaban J connectivity index is 2.61. The molecule has 3 nitrogen and oxygen atoms in total. The van der Waals surface area contributed by atoms with Crippen molar-refractivity contribution in [3.05, 3.63) is 29.3 Å². The number of anilines is 1. The molecule has 0 bridgehead atoms. The Bertz CT molecular complexity index is 447. The van der Waals surface area contributed by atoms with E-state index in [-0.39, 0.29) is 0 Å². The van der Waals surface area contributed by atoms with Gasteiger partial charge in [0.25, 0.3) is 0 Å². The summed E-state index contributed by atoms with van der Waals surface area (Å²) < 4.78 is 5.26. The van der Waals surface area contributed by atoms with E-state index in [4.69, 9.17) is 4.74 Å². The highest BCUT2D eigenvalue weighted by Crippen LogP contribution is 2.19. The van der Waals surface area contributed by atoms with Gasteiger partial charge in [-0.05, 0) is 57.7 Å². The average molecular weight is 277 g/mol. The van der Waals surface area contributed by atoms with Gasteiger partial charge < -0.3 is 4.74 Å². The molecule has 1 amide bonds. The minimum atomic E-state index is -0.474. The van der Waals surface area contributed by atoms with E-state index in [2.05, 4.69) is 24.4 Å². The normalized spacial score (nSPS) is 11.2. The van der Waals surface area contributed by atoms with Crippen molar-refractivity contribution in [2.45, 2.75) is 65.9 Å². The highest BCUT2D eigenvalue weighted by molar-refractivity contribution is 5.85. The van der Waals surface area contributed by atoms with E-state index in [0.717, 1.165) is 17.7 Å². The summed E-state index contributed by atoms with van der Waals surface area (Å²) in [6.45, 7) is 9.79. The first kappa shape index (κ1) is 16.5. The van der Waals surface area contributed by atoms with Crippen molar-refractivity contribution in [2.75, 3.05) is 5.32 Å². The molecule has 0 heterocycles. The number of benzene rings is 1. The van der Waals surface area contributed by atoms with Gasteiger partial charge in [-0.3, -0.25) is 5.32 Å². The lowest BCUT2D eigenvalue weighted by Gasteiger charge is -2.20. The Morgan fingerprint density at radius 2 is 1.95 bits per heavy atom. The summed E-state index contributed by atoms with van der Waals surface area (Å²) in [5.74, 6) is 0. The van der Waals surface area contributed by atoms with Crippen molar-refractivity contribution in [1.82, 2.24) is 0 Å². The first-order valence-corrected chi connectivity index (χ1v) is 7.41. The molecule has 3 heteroatoms. The van der Waals surface area contributed by atoms with Crippen molar-refractivity contribution in [1.29, 1.82) is 0 Å². The van der Waals surface area contributed by atoms with Gasteiger partial charge in [0.1, 0.15) is 5.60 Å². The predicted octanol–water partition coefficient (Wildman–Crippen LogP) is 5.07. The maximum absolute atomic E-state index is 11.7. The average Bonchev–Trinajstić information content (AvgIpc) is 2.30. The fraction of sp³-hybridized carbons (Fsp3) is 0.588.